The smallest absolute Gasteiger partial charge is 0.225 e. The normalized spacial score (nSPS) is 16.1. The highest BCUT2D eigenvalue weighted by atomic mass is 35.5. The SMILES string of the molecule is Clc1cnc(N2CCN(Cc3cccc4[nH]ccc34)CC2)nc1. The first-order chi connectivity index (χ1) is 11.3. The number of nitrogens with one attached hydrogen (secondary N) is 1. The van der Waals surface area contributed by atoms with Gasteiger partial charge in [0.15, 0.2) is 0 Å². The molecule has 0 aliphatic carbocycles. The number of H-pyrrole nitrogens is 1. The third-order valence-electron chi connectivity index (χ3n) is 4.34. The van der Waals surface area contributed by atoms with Gasteiger partial charge in [0, 0.05) is 49.8 Å². The van der Waals surface area contributed by atoms with Gasteiger partial charge in [0.25, 0.3) is 0 Å². The molecule has 1 fully saturated rings. The molecule has 0 saturated carbocycles. The first kappa shape index (κ1) is 14.5. The van der Waals surface area contributed by atoms with Gasteiger partial charge in [0.2, 0.25) is 5.95 Å². The molecule has 1 aromatic carbocycles. The van der Waals surface area contributed by atoms with Crippen LogP contribution in [0.5, 0.6) is 0 Å². The maximum atomic E-state index is 5.85. The maximum absolute atomic E-state index is 5.85. The number of hydrogen-bond donors (Lipinski definition) is 1. The Kier molecular flexibility index (Phi) is 3.89. The molecular formula is C17H18ClN5. The van der Waals surface area contributed by atoms with Crippen LogP contribution in [0.3, 0.4) is 0 Å². The standard InChI is InChI=1S/C17H18ClN5/c18-14-10-20-17(21-11-14)23-8-6-22(7-9-23)12-13-2-1-3-16-15(13)4-5-19-16/h1-5,10-11,19H,6-9,12H2. The number of halogens is 1. The van der Waals surface area contributed by atoms with Crippen LogP contribution in [0.15, 0.2) is 42.9 Å². The minimum Gasteiger partial charge on any atom is -0.361 e. The maximum Gasteiger partial charge on any atom is 0.225 e. The zero-order chi connectivity index (χ0) is 15.6. The van der Waals surface area contributed by atoms with E-state index in [1.807, 2.05) is 6.20 Å². The van der Waals surface area contributed by atoms with Crippen molar-refractivity contribution in [2.75, 3.05) is 31.1 Å². The molecule has 1 N–H and O–H groups in total. The Hall–Kier alpha value is -2.11. The summed E-state index contributed by atoms with van der Waals surface area (Å²) in [5, 5.41) is 1.89. The molecule has 0 amide bonds. The van der Waals surface area contributed by atoms with E-state index < -0.39 is 0 Å². The Balaban J connectivity index is 1.42. The molecule has 0 bridgehead atoms. The van der Waals surface area contributed by atoms with E-state index in [0.29, 0.717) is 5.02 Å². The molecule has 3 aromatic rings. The minimum absolute atomic E-state index is 0.576. The molecule has 23 heavy (non-hydrogen) atoms. The van der Waals surface area contributed by atoms with Crippen molar-refractivity contribution in [3.8, 4) is 0 Å². The molecular weight excluding hydrogens is 310 g/mol. The highest BCUT2D eigenvalue weighted by Crippen LogP contribution is 2.20. The van der Waals surface area contributed by atoms with Gasteiger partial charge in [0.1, 0.15) is 0 Å². The minimum atomic E-state index is 0.576. The Labute approximate surface area is 139 Å². The van der Waals surface area contributed by atoms with Gasteiger partial charge in [0.05, 0.1) is 17.4 Å². The number of aromatic nitrogens is 3. The van der Waals surface area contributed by atoms with Gasteiger partial charge in [-0.1, -0.05) is 23.7 Å². The van der Waals surface area contributed by atoms with E-state index in [-0.39, 0.29) is 0 Å². The van der Waals surface area contributed by atoms with Crippen LogP contribution in [0, 0.1) is 0 Å². The average Bonchev–Trinajstić information content (AvgIpc) is 3.06. The number of piperazine rings is 1. The summed E-state index contributed by atoms with van der Waals surface area (Å²) in [6.45, 7) is 4.86. The van der Waals surface area contributed by atoms with Gasteiger partial charge in [-0.15, -0.1) is 0 Å². The second kappa shape index (κ2) is 6.18. The molecule has 1 saturated heterocycles. The molecule has 0 radical (unpaired) electrons. The average molecular weight is 328 g/mol. The van der Waals surface area contributed by atoms with Gasteiger partial charge in [-0.25, -0.2) is 9.97 Å². The van der Waals surface area contributed by atoms with Crippen molar-refractivity contribution >= 4 is 28.5 Å². The summed E-state index contributed by atoms with van der Waals surface area (Å²) in [6, 6.07) is 8.61. The van der Waals surface area contributed by atoms with Crippen LogP contribution in [-0.2, 0) is 6.54 Å². The van der Waals surface area contributed by atoms with Gasteiger partial charge < -0.3 is 9.88 Å². The van der Waals surface area contributed by atoms with E-state index >= 15 is 0 Å². The number of aromatic amines is 1. The Morgan fingerprint density at radius 1 is 1.04 bits per heavy atom. The summed E-state index contributed by atoms with van der Waals surface area (Å²) in [7, 11) is 0. The second-order valence-electron chi connectivity index (χ2n) is 5.82. The lowest BCUT2D eigenvalue weighted by molar-refractivity contribution is 0.249. The van der Waals surface area contributed by atoms with Gasteiger partial charge >= 0.3 is 0 Å². The zero-order valence-electron chi connectivity index (χ0n) is 12.7. The van der Waals surface area contributed by atoms with Gasteiger partial charge in [-0.3, -0.25) is 4.90 Å². The van der Waals surface area contributed by atoms with Crippen LogP contribution >= 0.6 is 11.6 Å². The summed E-state index contributed by atoms with van der Waals surface area (Å²) in [6.07, 6.45) is 5.32. The molecule has 1 aliphatic rings. The first-order valence-corrected chi connectivity index (χ1v) is 8.17. The summed E-state index contributed by atoms with van der Waals surface area (Å²) in [5.74, 6) is 0.766. The van der Waals surface area contributed by atoms with Crippen LogP contribution in [0.2, 0.25) is 5.02 Å². The predicted molar refractivity (Wildman–Crippen MR) is 92.8 cm³/mol. The summed E-state index contributed by atoms with van der Waals surface area (Å²) < 4.78 is 0. The van der Waals surface area contributed by atoms with Gasteiger partial charge in [-0.2, -0.15) is 0 Å². The number of anilines is 1. The summed E-state index contributed by atoms with van der Waals surface area (Å²) in [5.41, 5.74) is 2.58. The lowest BCUT2D eigenvalue weighted by atomic mass is 10.1. The van der Waals surface area contributed by atoms with E-state index in [1.54, 1.807) is 12.4 Å². The first-order valence-electron chi connectivity index (χ1n) is 7.79. The van der Waals surface area contributed by atoms with E-state index in [4.69, 9.17) is 11.6 Å². The molecule has 6 heteroatoms. The number of fused-ring (bicyclic) bond motifs is 1. The fourth-order valence-corrected chi connectivity index (χ4v) is 3.20. The Morgan fingerprint density at radius 3 is 2.61 bits per heavy atom. The van der Waals surface area contributed by atoms with E-state index in [1.165, 1.54) is 16.5 Å². The van der Waals surface area contributed by atoms with E-state index in [0.717, 1.165) is 38.7 Å². The summed E-state index contributed by atoms with van der Waals surface area (Å²) in [4.78, 5) is 16.6. The summed E-state index contributed by atoms with van der Waals surface area (Å²) >= 11 is 5.85. The zero-order valence-corrected chi connectivity index (χ0v) is 13.5. The number of rotatable bonds is 3. The molecule has 4 rings (SSSR count). The lowest BCUT2D eigenvalue weighted by Gasteiger charge is -2.34. The third kappa shape index (κ3) is 3.02. The number of hydrogen-bond acceptors (Lipinski definition) is 4. The fourth-order valence-electron chi connectivity index (χ4n) is 3.10. The number of nitrogens with zero attached hydrogens (tertiary/aromatic N) is 4. The van der Waals surface area contributed by atoms with Crippen molar-refractivity contribution in [3.05, 3.63) is 53.4 Å². The van der Waals surface area contributed by atoms with Crippen LogP contribution in [0.25, 0.3) is 10.9 Å². The lowest BCUT2D eigenvalue weighted by Crippen LogP contribution is -2.46. The quantitative estimate of drug-likeness (QED) is 0.803. The van der Waals surface area contributed by atoms with Crippen molar-refractivity contribution < 1.29 is 0 Å². The topological polar surface area (TPSA) is 48.1 Å². The van der Waals surface area contributed by atoms with Crippen molar-refractivity contribution in [2.24, 2.45) is 0 Å². The molecule has 0 atom stereocenters. The highest BCUT2D eigenvalue weighted by Gasteiger charge is 2.19. The Morgan fingerprint density at radius 2 is 1.83 bits per heavy atom. The van der Waals surface area contributed by atoms with E-state index in [2.05, 4.69) is 49.0 Å². The van der Waals surface area contributed by atoms with Crippen LogP contribution in [0.1, 0.15) is 5.56 Å². The third-order valence-corrected chi connectivity index (χ3v) is 4.54. The van der Waals surface area contributed by atoms with Crippen LogP contribution < -0.4 is 4.90 Å². The van der Waals surface area contributed by atoms with Crippen LogP contribution in [-0.4, -0.2) is 46.0 Å². The molecule has 2 aromatic heterocycles. The highest BCUT2D eigenvalue weighted by molar-refractivity contribution is 6.30. The van der Waals surface area contributed by atoms with Crippen molar-refractivity contribution in [1.29, 1.82) is 0 Å². The Bertz CT molecular complexity index is 790. The monoisotopic (exact) mass is 327 g/mol. The second-order valence-corrected chi connectivity index (χ2v) is 6.26. The molecule has 1 aliphatic heterocycles. The van der Waals surface area contributed by atoms with Crippen molar-refractivity contribution in [2.45, 2.75) is 6.54 Å². The molecule has 0 unspecified atom stereocenters. The van der Waals surface area contributed by atoms with E-state index in [9.17, 15) is 0 Å². The van der Waals surface area contributed by atoms with Crippen LogP contribution in [0.4, 0.5) is 5.95 Å². The number of benzene rings is 1. The molecule has 118 valence electrons. The molecule has 3 heterocycles. The predicted octanol–water partition coefficient (Wildman–Crippen LogP) is 2.93. The van der Waals surface area contributed by atoms with Crippen molar-refractivity contribution in [3.63, 3.8) is 0 Å². The molecule has 5 nitrogen and oxygen atoms in total. The largest absolute Gasteiger partial charge is 0.361 e. The fraction of sp³-hybridized carbons (Fsp3) is 0.294. The van der Waals surface area contributed by atoms with Gasteiger partial charge in [-0.05, 0) is 17.7 Å². The van der Waals surface area contributed by atoms with Crippen molar-refractivity contribution in [1.82, 2.24) is 19.9 Å². The molecule has 0 spiro atoms.